The normalized spacial score (nSPS) is 12.8. The van der Waals surface area contributed by atoms with Crippen LogP contribution in [0.3, 0.4) is 0 Å². The van der Waals surface area contributed by atoms with Gasteiger partial charge in [0, 0.05) is 18.5 Å². The zero-order chi connectivity index (χ0) is 17.0. The molecule has 0 bridgehead atoms. The highest BCUT2D eigenvalue weighted by Gasteiger charge is 2.30. The van der Waals surface area contributed by atoms with Gasteiger partial charge in [-0.15, -0.1) is 11.3 Å². The molecule has 1 aromatic carbocycles. The Hall–Kier alpha value is -1.37. The topological polar surface area (TPSA) is 54.5 Å². The molecule has 0 radical (unpaired) electrons. The number of carbonyl (C=O) groups excluding carboxylic acids is 1. The molecule has 2 aromatic rings. The van der Waals surface area contributed by atoms with Crippen molar-refractivity contribution in [2.45, 2.75) is 24.5 Å². The molecule has 0 aliphatic rings. The number of amides is 1. The number of hydrogen-bond donors (Lipinski definition) is 0. The molecule has 1 atom stereocenters. The highest BCUT2D eigenvalue weighted by Crippen LogP contribution is 2.24. The number of rotatable bonds is 6. The molecule has 124 valence electrons. The lowest BCUT2D eigenvalue weighted by Crippen LogP contribution is -2.39. The summed E-state index contributed by atoms with van der Waals surface area (Å²) >= 11 is 7.04. The molecular formula is C16H18ClNO3S2. The summed E-state index contributed by atoms with van der Waals surface area (Å²) in [5.41, 5.74) is 0.956. The molecule has 4 nitrogen and oxygen atoms in total. The van der Waals surface area contributed by atoms with E-state index in [0.717, 1.165) is 5.56 Å². The molecule has 23 heavy (non-hydrogen) atoms. The Morgan fingerprint density at radius 2 is 1.87 bits per heavy atom. The Labute approximate surface area is 145 Å². The maximum absolute atomic E-state index is 12.4. The van der Waals surface area contributed by atoms with Crippen LogP contribution in [-0.2, 0) is 26.9 Å². The van der Waals surface area contributed by atoms with Crippen molar-refractivity contribution in [1.29, 1.82) is 0 Å². The number of sulfone groups is 1. The smallest absolute Gasteiger partial charge is 0.240 e. The van der Waals surface area contributed by atoms with Crippen LogP contribution in [0.2, 0.25) is 4.34 Å². The predicted molar refractivity (Wildman–Crippen MR) is 94.3 cm³/mol. The minimum absolute atomic E-state index is 0.170. The maximum Gasteiger partial charge on any atom is 0.240 e. The summed E-state index contributed by atoms with van der Waals surface area (Å²) in [5, 5.41) is -1.09. The number of halogens is 1. The summed E-state index contributed by atoms with van der Waals surface area (Å²) in [4.78, 5) is 14.5. The summed E-state index contributed by atoms with van der Waals surface area (Å²) in [6.07, 6.45) is 0. The molecular weight excluding hydrogens is 354 g/mol. The van der Waals surface area contributed by atoms with E-state index in [2.05, 4.69) is 0 Å². The third-order valence-corrected chi connectivity index (χ3v) is 6.90. The van der Waals surface area contributed by atoms with E-state index in [4.69, 9.17) is 11.6 Å². The molecule has 0 aliphatic carbocycles. The van der Waals surface area contributed by atoms with E-state index in [9.17, 15) is 13.2 Å². The average Bonchev–Trinajstić information content (AvgIpc) is 2.91. The third kappa shape index (κ3) is 4.80. The molecule has 2 rings (SSSR count). The minimum Gasteiger partial charge on any atom is -0.340 e. The molecule has 0 N–H and O–H groups in total. The second kappa shape index (κ2) is 7.47. The Bertz CT molecular complexity index is 772. The molecule has 1 aromatic heterocycles. The van der Waals surface area contributed by atoms with E-state index in [0.29, 0.717) is 15.8 Å². The fourth-order valence-electron chi connectivity index (χ4n) is 2.15. The first-order chi connectivity index (χ1) is 10.8. The monoisotopic (exact) mass is 371 g/mol. The van der Waals surface area contributed by atoms with Gasteiger partial charge in [0.1, 0.15) is 5.25 Å². The molecule has 0 spiro atoms. The molecule has 1 heterocycles. The van der Waals surface area contributed by atoms with E-state index in [1.165, 1.54) is 23.2 Å². The largest absolute Gasteiger partial charge is 0.340 e. The first-order valence-corrected chi connectivity index (χ1v) is 9.95. The molecule has 0 saturated carbocycles. The first kappa shape index (κ1) is 18.0. The van der Waals surface area contributed by atoms with E-state index in [-0.39, 0.29) is 5.75 Å². The number of thiophene rings is 1. The van der Waals surface area contributed by atoms with Crippen LogP contribution >= 0.6 is 22.9 Å². The van der Waals surface area contributed by atoms with Crippen molar-refractivity contribution in [3.8, 4) is 0 Å². The standard InChI is InChI=1S/C16H18ClNO3S2/c1-12(23(20,21)11-14-8-9-15(17)22-14)16(19)18(2)10-13-6-4-3-5-7-13/h3-9,12H,10-11H2,1-2H3/t12-/m1/s1. The minimum atomic E-state index is -3.58. The van der Waals surface area contributed by atoms with Gasteiger partial charge in [0.25, 0.3) is 0 Å². The summed E-state index contributed by atoms with van der Waals surface area (Å²) in [7, 11) is -1.96. The Balaban J connectivity index is 2.05. The Morgan fingerprint density at radius 3 is 2.43 bits per heavy atom. The zero-order valence-corrected chi connectivity index (χ0v) is 15.3. The van der Waals surface area contributed by atoms with Crippen molar-refractivity contribution in [1.82, 2.24) is 4.90 Å². The van der Waals surface area contributed by atoms with Gasteiger partial charge in [-0.1, -0.05) is 41.9 Å². The second-order valence-electron chi connectivity index (χ2n) is 5.34. The van der Waals surface area contributed by atoms with Crippen molar-refractivity contribution in [2.24, 2.45) is 0 Å². The van der Waals surface area contributed by atoms with E-state index in [1.807, 2.05) is 30.3 Å². The number of nitrogens with zero attached hydrogens (tertiary/aromatic N) is 1. The molecule has 0 unspecified atom stereocenters. The van der Waals surface area contributed by atoms with Gasteiger partial charge in [0.2, 0.25) is 5.91 Å². The van der Waals surface area contributed by atoms with Gasteiger partial charge in [0.05, 0.1) is 10.1 Å². The first-order valence-electron chi connectivity index (χ1n) is 7.04. The summed E-state index contributed by atoms with van der Waals surface area (Å²) < 4.78 is 25.4. The highest BCUT2D eigenvalue weighted by molar-refractivity contribution is 7.92. The van der Waals surface area contributed by atoms with Crippen LogP contribution in [-0.4, -0.2) is 31.5 Å². The van der Waals surface area contributed by atoms with Crippen molar-refractivity contribution in [3.63, 3.8) is 0 Å². The maximum atomic E-state index is 12.4. The lowest BCUT2D eigenvalue weighted by atomic mass is 10.2. The van der Waals surface area contributed by atoms with Crippen LogP contribution in [0.4, 0.5) is 0 Å². The molecule has 0 saturated heterocycles. The number of carbonyl (C=O) groups is 1. The van der Waals surface area contributed by atoms with Crippen LogP contribution in [0.5, 0.6) is 0 Å². The van der Waals surface area contributed by atoms with Crippen molar-refractivity contribution in [3.05, 3.63) is 57.2 Å². The van der Waals surface area contributed by atoms with Gasteiger partial charge in [-0.05, 0) is 24.6 Å². The van der Waals surface area contributed by atoms with Gasteiger partial charge < -0.3 is 4.90 Å². The van der Waals surface area contributed by atoms with Gasteiger partial charge in [-0.25, -0.2) is 8.42 Å². The fraction of sp³-hybridized carbons (Fsp3) is 0.312. The predicted octanol–water partition coefficient (Wildman–Crippen LogP) is 3.36. The van der Waals surface area contributed by atoms with Gasteiger partial charge in [0.15, 0.2) is 9.84 Å². The SMILES string of the molecule is C[C@H](C(=O)N(C)Cc1ccccc1)S(=O)(=O)Cc1ccc(Cl)s1. The molecule has 0 aliphatic heterocycles. The number of hydrogen-bond acceptors (Lipinski definition) is 4. The van der Waals surface area contributed by atoms with Crippen LogP contribution < -0.4 is 0 Å². The highest BCUT2D eigenvalue weighted by atomic mass is 35.5. The summed E-state index contributed by atoms with van der Waals surface area (Å²) in [5.74, 6) is -0.576. The lowest BCUT2D eigenvalue weighted by molar-refractivity contribution is -0.129. The Morgan fingerprint density at radius 1 is 1.22 bits per heavy atom. The van der Waals surface area contributed by atoms with Crippen LogP contribution in [0.25, 0.3) is 0 Å². The molecule has 1 amide bonds. The van der Waals surface area contributed by atoms with Crippen molar-refractivity contribution < 1.29 is 13.2 Å². The van der Waals surface area contributed by atoms with Crippen LogP contribution in [0.1, 0.15) is 17.4 Å². The van der Waals surface area contributed by atoms with Gasteiger partial charge >= 0.3 is 0 Å². The van der Waals surface area contributed by atoms with E-state index >= 15 is 0 Å². The van der Waals surface area contributed by atoms with Crippen LogP contribution in [0, 0.1) is 0 Å². The van der Waals surface area contributed by atoms with Gasteiger partial charge in [-0.3, -0.25) is 4.79 Å². The summed E-state index contributed by atoms with van der Waals surface area (Å²) in [6.45, 7) is 1.82. The van der Waals surface area contributed by atoms with Crippen molar-refractivity contribution in [2.75, 3.05) is 7.05 Å². The second-order valence-corrected chi connectivity index (χ2v) is 9.46. The Kier molecular flexibility index (Phi) is 5.84. The third-order valence-electron chi connectivity index (χ3n) is 3.50. The summed E-state index contributed by atoms with van der Waals surface area (Å²) in [6, 6.07) is 12.8. The van der Waals surface area contributed by atoms with E-state index in [1.54, 1.807) is 19.2 Å². The zero-order valence-electron chi connectivity index (χ0n) is 12.9. The fourth-order valence-corrected chi connectivity index (χ4v) is 4.99. The lowest BCUT2D eigenvalue weighted by Gasteiger charge is -2.21. The van der Waals surface area contributed by atoms with Gasteiger partial charge in [-0.2, -0.15) is 0 Å². The molecule has 7 heteroatoms. The average molecular weight is 372 g/mol. The number of benzene rings is 1. The quantitative estimate of drug-likeness (QED) is 0.782. The van der Waals surface area contributed by atoms with Crippen molar-refractivity contribution >= 4 is 38.7 Å². The van der Waals surface area contributed by atoms with Crippen LogP contribution in [0.15, 0.2) is 42.5 Å². The van der Waals surface area contributed by atoms with E-state index < -0.39 is 21.0 Å². The molecule has 0 fully saturated rings.